The number of carboxylic acid groups (broad SMARTS) is 1. The molecule has 0 aliphatic heterocycles. The van der Waals surface area contributed by atoms with E-state index in [-0.39, 0.29) is 11.4 Å². The highest BCUT2D eigenvalue weighted by Crippen LogP contribution is 2.28. The number of hydrogen-bond acceptors (Lipinski definition) is 3. The van der Waals surface area contributed by atoms with Gasteiger partial charge in [-0.1, -0.05) is 0 Å². The molecule has 0 bridgehead atoms. The van der Waals surface area contributed by atoms with Gasteiger partial charge in [0.25, 0.3) is 0 Å². The first-order valence-electron chi connectivity index (χ1n) is 6.26. The van der Waals surface area contributed by atoms with Crippen LogP contribution in [-0.4, -0.2) is 22.6 Å². The lowest BCUT2D eigenvalue weighted by molar-refractivity contribution is 0.0696. The zero-order valence-electron chi connectivity index (χ0n) is 11.3. The Morgan fingerprint density at radius 1 is 1.30 bits per heavy atom. The highest BCUT2D eigenvalue weighted by Gasteiger charge is 2.20. The minimum absolute atomic E-state index is 0.165. The van der Waals surface area contributed by atoms with Crippen LogP contribution in [0.2, 0.25) is 0 Å². The second-order valence-electron chi connectivity index (χ2n) is 4.35. The van der Waals surface area contributed by atoms with E-state index in [0.29, 0.717) is 23.6 Å². The standard InChI is InChI=1S/C15H15FN2O2/c1-3-18(12-6-4-11(16)5-7-12)14-13(15(19)20)10(2)8-9-17-14/h4-9H,3H2,1-2H3,(H,19,20). The van der Waals surface area contributed by atoms with Crippen molar-refractivity contribution in [2.24, 2.45) is 0 Å². The molecule has 20 heavy (non-hydrogen) atoms. The molecule has 0 radical (unpaired) electrons. The van der Waals surface area contributed by atoms with Crippen molar-refractivity contribution in [1.29, 1.82) is 0 Å². The van der Waals surface area contributed by atoms with Crippen molar-refractivity contribution in [3.8, 4) is 0 Å². The smallest absolute Gasteiger partial charge is 0.339 e. The lowest BCUT2D eigenvalue weighted by atomic mass is 10.1. The van der Waals surface area contributed by atoms with E-state index in [1.165, 1.54) is 12.1 Å². The van der Waals surface area contributed by atoms with Crippen LogP contribution in [0.5, 0.6) is 0 Å². The monoisotopic (exact) mass is 274 g/mol. The van der Waals surface area contributed by atoms with Crippen LogP contribution in [0.4, 0.5) is 15.9 Å². The van der Waals surface area contributed by atoms with E-state index in [4.69, 9.17) is 0 Å². The predicted molar refractivity (Wildman–Crippen MR) is 75.0 cm³/mol. The van der Waals surface area contributed by atoms with Crippen LogP contribution >= 0.6 is 0 Å². The van der Waals surface area contributed by atoms with Gasteiger partial charge in [-0.25, -0.2) is 14.2 Å². The first kappa shape index (κ1) is 14.0. The number of carbonyl (C=O) groups is 1. The van der Waals surface area contributed by atoms with Crippen molar-refractivity contribution in [1.82, 2.24) is 4.98 Å². The second kappa shape index (κ2) is 5.69. The number of carboxylic acids is 1. The van der Waals surface area contributed by atoms with Crippen molar-refractivity contribution in [2.45, 2.75) is 13.8 Å². The molecule has 0 saturated heterocycles. The molecule has 0 spiro atoms. The lowest BCUT2D eigenvalue weighted by Crippen LogP contribution is -2.21. The average molecular weight is 274 g/mol. The van der Waals surface area contributed by atoms with Crippen LogP contribution in [0.25, 0.3) is 0 Å². The van der Waals surface area contributed by atoms with Crippen molar-refractivity contribution >= 4 is 17.5 Å². The van der Waals surface area contributed by atoms with Crippen LogP contribution in [0.3, 0.4) is 0 Å². The van der Waals surface area contributed by atoms with Crippen LogP contribution in [0.1, 0.15) is 22.8 Å². The topological polar surface area (TPSA) is 53.4 Å². The minimum atomic E-state index is -1.02. The number of hydrogen-bond donors (Lipinski definition) is 1. The van der Waals surface area contributed by atoms with E-state index in [1.807, 2.05) is 6.92 Å². The number of anilines is 2. The third-order valence-electron chi connectivity index (χ3n) is 3.06. The van der Waals surface area contributed by atoms with Gasteiger partial charge < -0.3 is 10.0 Å². The summed E-state index contributed by atoms with van der Waals surface area (Å²) in [5.74, 6) is -0.988. The third kappa shape index (κ3) is 2.61. The van der Waals surface area contributed by atoms with E-state index in [9.17, 15) is 14.3 Å². The Labute approximate surface area is 116 Å². The maximum atomic E-state index is 13.0. The molecule has 2 rings (SSSR count). The lowest BCUT2D eigenvalue weighted by Gasteiger charge is -2.24. The van der Waals surface area contributed by atoms with E-state index in [0.717, 1.165) is 0 Å². The molecule has 0 aliphatic carbocycles. The highest BCUT2D eigenvalue weighted by atomic mass is 19.1. The van der Waals surface area contributed by atoms with Gasteiger partial charge in [0.15, 0.2) is 0 Å². The van der Waals surface area contributed by atoms with Crippen molar-refractivity contribution < 1.29 is 14.3 Å². The molecule has 104 valence electrons. The van der Waals surface area contributed by atoms with E-state index >= 15 is 0 Å². The fourth-order valence-electron chi connectivity index (χ4n) is 2.09. The molecule has 0 unspecified atom stereocenters. The van der Waals surface area contributed by atoms with Gasteiger partial charge in [-0.05, 0) is 49.7 Å². The molecule has 1 aromatic carbocycles. The zero-order valence-corrected chi connectivity index (χ0v) is 11.3. The van der Waals surface area contributed by atoms with Gasteiger partial charge in [0, 0.05) is 18.4 Å². The molecule has 0 atom stereocenters. The molecule has 1 aromatic heterocycles. The first-order valence-corrected chi connectivity index (χ1v) is 6.26. The fourth-order valence-corrected chi connectivity index (χ4v) is 2.09. The Morgan fingerprint density at radius 2 is 1.95 bits per heavy atom. The Balaban J connectivity index is 2.55. The molecule has 4 nitrogen and oxygen atoms in total. The van der Waals surface area contributed by atoms with Crippen LogP contribution in [0.15, 0.2) is 36.5 Å². The van der Waals surface area contributed by atoms with E-state index < -0.39 is 5.97 Å². The molecular formula is C15H15FN2O2. The minimum Gasteiger partial charge on any atom is -0.478 e. The summed E-state index contributed by atoms with van der Waals surface area (Å²) in [5.41, 5.74) is 1.51. The molecule has 1 N–H and O–H groups in total. The normalized spacial score (nSPS) is 10.3. The third-order valence-corrected chi connectivity index (χ3v) is 3.06. The summed E-state index contributed by atoms with van der Waals surface area (Å²) in [4.78, 5) is 17.3. The number of nitrogens with zero attached hydrogens (tertiary/aromatic N) is 2. The molecular weight excluding hydrogens is 259 g/mol. The number of pyridine rings is 1. The summed E-state index contributed by atoms with van der Waals surface area (Å²) >= 11 is 0. The summed E-state index contributed by atoms with van der Waals surface area (Å²) in [6.45, 7) is 4.15. The SMILES string of the molecule is CCN(c1ccc(F)cc1)c1nccc(C)c1C(=O)O. The van der Waals surface area contributed by atoms with Gasteiger partial charge in [0.1, 0.15) is 17.2 Å². The summed E-state index contributed by atoms with van der Waals surface area (Å²) in [7, 11) is 0. The summed E-state index contributed by atoms with van der Waals surface area (Å²) in [6, 6.07) is 7.55. The summed E-state index contributed by atoms with van der Waals surface area (Å²) in [5, 5.41) is 9.36. The number of aromatic carboxylic acids is 1. The maximum absolute atomic E-state index is 13.0. The molecule has 0 aliphatic rings. The number of rotatable bonds is 4. The van der Waals surface area contributed by atoms with Crippen LogP contribution in [-0.2, 0) is 0 Å². The van der Waals surface area contributed by atoms with Crippen molar-refractivity contribution in [3.63, 3.8) is 0 Å². The molecule has 2 aromatic rings. The molecule has 0 amide bonds. The number of benzene rings is 1. The number of halogens is 1. The Morgan fingerprint density at radius 3 is 2.50 bits per heavy atom. The van der Waals surface area contributed by atoms with Gasteiger partial charge in [0.05, 0.1) is 0 Å². The van der Waals surface area contributed by atoms with E-state index in [2.05, 4.69) is 4.98 Å². The van der Waals surface area contributed by atoms with Gasteiger partial charge in [-0.3, -0.25) is 0 Å². The quantitative estimate of drug-likeness (QED) is 0.928. The highest BCUT2D eigenvalue weighted by molar-refractivity contribution is 5.95. The largest absolute Gasteiger partial charge is 0.478 e. The van der Waals surface area contributed by atoms with Crippen molar-refractivity contribution in [2.75, 3.05) is 11.4 Å². The number of aryl methyl sites for hydroxylation is 1. The van der Waals surface area contributed by atoms with E-state index in [1.54, 1.807) is 36.2 Å². The average Bonchev–Trinajstić information content (AvgIpc) is 2.41. The van der Waals surface area contributed by atoms with Crippen LogP contribution < -0.4 is 4.90 Å². The van der Waals surface area contributed by atoms with Gasteiger partial charge in [0.2, 0.25) is 0 Å². The van der Waals surface area contributed by atoms with Gasteiger partial charge >= 0.3 is 5.97 Å². The maximum Gasteiger partial charge on any atom is 0.339 e. The molecule has 5 heteroatoms. The Bertz CT molecular complexity index is 626. The van der Waals surface area contributed by atoms with Gasteiger partial charge in [-0.2, -0.15) is 0 Å². The zero-order chi connectivity index (χ0) is 14.7. The molecule has 1 heterocycles. The fraction of sp³-hybridized carbons (Fsp3) is 0.200. The van der Waals surface area contributed by atoms with Crippen LogP contribution in [0, 0.1) is 12.7 Å². The predicted octanol–water partition coefficient (Wildman–Crippen LogP) is 3.39. The summed E-state index contributed by atoms with van der Waals surface area (Å²) in [6.07, 6.45) is 1.57. The Kier molecular flexibility index (Phi) is 3.98. The summed E-state index contributed by atoms with van der Waals surface area (Å²) < 4.78 is 13.0. The molecule has 0 fully saturated rings. The Hall–Kier alpha value is -2.43. The second-order valence-corrected chi connectivity index (χ2v) is 4.35. The van der Waals surface area contributed by atoms with Gasteiger partial charge in [-0.15, -0.1) is 0 Å². The molecule has 0 saturated carbocycles. The number of aromatic nitrogens is 1. The first-order chi connectivity index (χ1) is 9.54. The van der Waals surface area contributed by atoms with Crippen molar-refractivity contribution in [3.05, 3.63) is 53.5 Å².